The number of azide groups is 1. The van der Waals surface area contributed by atoms with E-state index in [2.05, 4.69) is 10.0 Å². The summed E-state index contributed by atoms with van der Waals surface area (Å²) in [4.78, 5) is 12.8. The van der Waals surface area contributed by atoms with Crippen molar-refractivity contribution in [3.8, 4) is 0 Å². The van der Waals surface area contributed by atoms with Gasteiger partial charge in [-0.15, -0.1) is 0 Å². The Labute approximate surface area is 76.9 Å². The molecule has 0 aromatic carbocycles. The molecule has 0 saturated carbocycles. The lowest BCUT2D eigenvalue weighted by Gasteiger charge is -2.14. The first-order chi connectivity index (χ1) is 6.37. The van der Waals surface area contributed by atoms with Crippen LogP contribution in [0.1, 0.15) is 0 Å². The minimum atomic E-state index is -4.44. The van der Waals surface area contributed by atoms with E-state index in [1.807, 2.05) is 5.32 Å². The zero-order valence-corrected chi connectivity index (χ0v) is 6.95. The van der Waals surface area contributed by atoms with E-state index in [0.29, 0.717) is 0 Å². The Morgan fingerprint density at radius 1 is 1.64 bits per heavy atom. The predicted molar refractivity (Wildman–Crippen MR) is 41.1 cm³/mol. The molecule has 1 amide bonds. The monoisotopic (exact) mass is 211 g/mol. The first-order valence-corrected chi connectivity index (χ1v) is 3.47. The van der Waals surface area contributed by atoms with Gasteiger partial charge >= 0.3 is 6.18 Å². The van der Waals surface area contributed by atoms with Crippen molar-refractivity contribution in [2.24, 2.45) is 10.8 Å². The molecular weight excluding hydrogens is 203 g/mol. The van der Waals surface area contributed by atoms with E-state index in [1.165, 1.54) is 0 Å². The van der Waals surface area contributed by atoms with E-state index in [4.69, 9.17) is 11.3 Å². The first kappa shape index (κ1) is 12.5. The maximum absolute atomic E-state index is 11.7. The average molecular weight is 211 g/mol. The number of hydrogen-bond acceptors (Lipinski definition) is 3. The predicted octanol–water partition coefficient (Wildman–Crippen LogP) is 0.303. The summed E-state index contributed by atoms with van der Waals surface area (Å²) in [5, 5.41) is 4.77. The van der Waals surface area contributed by atoms with Gasteiger partial charge in [0.05, 0.1) is 19.1 Å². The Balaban J connectivity index is 4.10. The fraction of sp³-hybridized carbons (Fsp3) is 0.800. The molecule has 0 aliphatic carbocycles. The van der Waals surface area contributed by atoms with Gasteiger partial charge in [0.2, 0.25) is 5.91 Å². The third-order valence-electron chi connectivity index (χ3n) is 1.22. The molecule has 14 heavy (non-hydrogen) atoms. The van der Waals surface area contributed by atoms with Crippen LogP contribution in [0.15, 0.2) is 5.11 Å². The minimum Gasteiger partial charge on any atom is -0.368 e. The second-order valence-electron chi connectivity index (χ2n) is 2.36. The van der Waals surface area contributed by atoms with E-state index in [1.54, 1.807) is 0 Å². The fourth-order valence-corrected chi connectivity index (χ4v) is 0.612. The van der Waals surface area contributed by atoms with Crippen LogP contribution in [-0.4, -0.2) is 31.2 Å². The lowest BCUT2D eigenvalue weighted by atomic mass is 10.3. The van der Waals surface area contributed by atoms with E-state index >= 15 is 0 Å². The van der Waals surface area contributed by atoms with Crippen LogP contribution in [0.4, 0.5) is 13.2 Å². The van der Waals surface area contributed by atoms with Crippen LogP contribution in [0.25, 0.3) is 10.4 Å². The quantitative estimate of drug-likeness (QED) is 0.388. The summed E-state index contributed by atoms with van der Waals surface area (Å²) in [6.07, 6.45) is -4.44. The normalized spacial score (nSPS) is 13.1. The van der Waals surface area contributed by atoms with Crippen molar-refractivity contribution in [1.82, 2.24) is 5.32 Å². The van der Waals surface area contributed by atoms with E-state index in [9.17, 15) is 18.0 Å². The van der Waals surface area contributed by atoms with Crippen molar-refractivity contribution in [3.05, 3.63) is 10.4 Å². The van der Waals surface area contributed by atoms with Crippen LogP contribution in [0, 0.1) is 0 Å². The zero-order valence-electron chi connectivity index (χ0n) is 6.95. The number of primary amides is 1. The average Bonchev–Trinajstić information content (AvgIpc) is 2.01. The molecular formula is C5H8F3N5O. The number of nitrogens with one attached hydrogen (secondary N) is 1. The first-order valence-electron chi connectivity index (χ1n) is 3.47. The highest BCUT2D eigenvalue weighted by molar-refractivity contribution is 5.80. The third-order valence-corrected chi connectivity index (χ3v) is 1.22. The number of carbonyl (C=O) groups excluding carboxylic acids is 1. The molecule has 6 nitrogen and oxygen atoms in total. The number of amides is 1. The molecule has 0 saturated heterocycles. The summed E-state index contributed by atoms with van der Waals surface area (Å²) in [5.41, 5.74) is 12.6. The van der Waals surface area contributed by atoms with Crippen LogP contribution < -0.4 is 11.1 Å². The summed E-state index contributed by atoms with van der Waals surface area (Å²) in [6.45, 7) is -1.80. The van der Waals surface area contributed by atoms with Gasteiger partial charge in [-0.1, -0.05) is 5.11 Å². The molecule has 0 rings (SSSR count). The number of carbonyl (C=O) groups is 1. The number of nitrogens with two attached hydrogens (primary N) is 1. The lowest BCUT2D eigenvalue weighted by Crippen LogP contribution is -2.46. The third kappa shape index (κ3) is 6.09. The van der Waals surface area contributed by atoms with Crippen molar-refractivity contribution in [1.29, 1.82) is 0 Å². The summed E-state index contributed by atoms with van der Waals surface area (Å²) in [7, 11) is 0. The Hall–Kier alpha value is -1.47. The molecule has 80 valence electrons. The second kappa shape index (κ2) is 5.30. The summed E-state index contributed by atoms with van der Waals surface area (Å²) < 4.78 is 35.1. The molecule has 0 bridgehead atoms. The molecule has 1 unspecified atom stereocenters. The molecule has 1 atom stereocenters. The van der Waals surface area contributed by atoms with Gasteiger partial charge in [0, 0.05) is 4.91 Å². The van der Waals surface area contributed by atoms with E-state index in [0.717, 1.165) is 0 Å². The minimum absolute atomic E-state index is 0.443. The second-order valence-corrected chi connectivity index (χ2v) is 2.36. The summed E-state index contributed by atoms with van der Waals surface area (Å²) >= 11 is 0. The molecule has 3 N–H and O–H groups in total. The van der Waals surface area contributed by atoms with Crippen molar-refractivity contribution in [3.63, 3.8) is 0 Å². The van der Waals surface area contributed by atoms with Crippen LogP contribution in [0.5, 0.6) is 0 Å². The number of alkyl halides is 3. The molecule has 0 aromatic rings. The standard InChI is InChI=1S/C5H8F3N5O/c6-5(7,8)2-11-3(4(9)14)1-12-13-10/h3,11H,1-2H2,(H2,9,14). The Kier molecular flexibility index (Phi) is 4.74. The molecule has 0 spiro atoms. The molecule has 0 fully saturated rings. The topological polar surface area (TPSA) is 104 Å². The van der Waals surface area contributed by atoms with Gasteiger partial charge in [-0.25, -0.2) is 0 Å². The van der Waals surface area contributed by atoms with Gasteiger partial charge in [0.1, 0.15) is 0 Å². The van der Waals surface area contributed by atoms with Crippen LogP contribution in [0.2, 0.25) is 0 Å². The smallest absolute Gasteiger partial charge is 0.368 e. The molecule has 0 aliphatic heterocycles. The molecule has 9 heteroatoms. The van der Waals surface area contributed by atoms with Gasteiger partial charge in [0.15, 0.2) is 0 Å². The van der Waals surface area contributed by atoms with E-state index in [-0.39, 0.29) is 0 Å². The molecule has 0 heterocycles. The number of hydrogen-bond donors (Lipinski definition) is 2. The van der Waals surface area contributed by atoms with Crippen LogP contribution in [-0.2, 0) is 4.79 Å². The molecule has 0 aliphatic rings. The maximum Gasteiger partial charge on any atom is 0.401 e. The van der Waals surface area contributed by atoms with Gasteiger partial charge in [-0.2, -0.15) is 13.2 Å². The fourth-order valence-electron chi connectivity index (χ4n) is 0.612. The highest BCUT2D eigenvalue weighted by Gasteiger charge is 2.29. The number of rotatable bonds is 5. The van der Waals surface area contributed by atoms with Crippen molar-refractivity contribution >= 4 is 5.91 Å². The van der Waals surface area contributed by atoms with Gasteiger partial charge < -0.3 is 5.73 Å². The van der Waals surface area contributed by atoms with Crippen LogP contribution in [0.3, 0.4) is 0 Å². The van der Waals surface area contributed by atoms with Crippen molar-refractivity contribution in [2.45, 2.75) is 12.2 Å². The highest BCUT2D eigenvalue weighted by Crippen LogP contribution is 2.12. The highest BCUT2D eigenvalue weighted by atomic mass is 19.4. The maximum atomic E-state index is 11.7. The van der Waals surface area contributed by atoms with Crippen molar-refractivity contribution < 1.29 is 18.0 Å². The van der Waals surface area contributed by atoms with Crippen molar-refractivity contribution in [2.75, 3.05) is 13.1 Å². The zero-order chi connectivity index (χ0) is 11.2. The van der Waals surface area contributed by atoms with Gasteiger partial charge in [-0.3, -0.25) is 10.1 Å². The summed E-state index contributed by atoms with van der Waals surface area (Å²) in [6, 6.07) is -1.30. The SMILES string of the molecule is [N-]=[N+]=NCC(NCC(F)(F)F)C(N)=O. The largest absolute Gasteiger partial charge is 0.401 e. The number of halogens is 3. The molecule has 0 aromatic heterocycles. The van der Waals surface area contributed by atoms with Crippen LogP contribution >= 0.6 is 0 Å². The Bertz CT molecular complexity index is 246. The van der Waals surface area contributed by atoms with Gasteiger partial charge in [-0.05, 0) is 5.53 Å². The Morgan fingerprint density at radius 2 is 2.21 bits per heavy atom. The number of nitrogens with zero attached hydrogens (tertiary/aromatic N) is 3. The lowest BCUT2D eigenvalue weighted by molar-refractivity contribution is -0.130. The summed E-state index contributed by atoms with van der Waals surface area (Å²) in [5.74, 6) is -0.998. The van der Waals surface area contributed by atoms with E-state index < -0.39 is 31.2 Å². The van der Waals surface area contributed by atoms with Gasteiger partial charge in [0.25, 0.3) is 0 Å². The Morgan fingerprint density at radius 3 is 2.57 bits per heavy atom. The molecule has 0 radical (unpaired) electrons.